The van der Waals surface area contributed by atoms with E-state index in [-0.39, 0.29) is 30.4 Å². The highest BCUT2D eigenvalue weighted by Crippen LogP contribution is 2.20. The third-order valence-corrected chi connectivity index (χ3v) is 3.37. The van der Waals surface area contributed by atoms with Gasteiger partial charge in [0.25, 0.3) is 0 Å². The minimum atomic E-state index is -0.209. The molecule has 2 heterocycles. The number of nitrogens with zero attached hydrogens (tertiary/aromatic N) is 2. The molecule has 0 aliphatic carbocycles. The molecule has 6 heteroatoms. The fourth-order valence-electron chi connectivity index (χ4n) is 2.29. The number of likely N-dealkylation sites (tertiary alicyclic amines) is 1. The van der Waals surface area contributed by atoms with Crippen molar-refractivity contribution in [1.29, 1.82) is 0 Å². The lowest BCUT2D eigenvalue weighted by atomic mass is 10.2. The first-order valence-electron chi connectivity index (χ1n) is 6.40. The first kappa shape index (κ1) is 14.5. The lowest BCUT2D eigenvalue weighted by molar-refractivity contribution is -0.127. The Balaban J connectivity index is 2.04. The number of rotatable bonds is 4. The van der Waals surface area contributed by atoms with Crippen LogP contribution in [0.5, 0.6) is 5.75 Å². The average Bonchev–Trinajstić information content (AvgIpc) is 2.88. The van der Waals surface area contributed by atoms with Gasteiger partial charge < -0.3 is 19.8 Å². The van der Waals surface area contributed by atoms with Crippen LogP contribution in [0.3, 0.4) is 0 Å². The third kappa shape index (κ3) is 3.34. The number of amides is 1. The summed E-state index contributed by atoms with van der Waals surface area (Å²) in [5, 5.41) is 18.6. The van der Waals surface area contributed by atoms with Crippen molar-refractivity contribution < 1.29 is 19.7 Å². The largest absolute Gasteiger partial charge is 0.506 e. The summed E-state index contributed by atoms with van der Waals surface area (Å²) in [5.41, 5.74) is 0.640. The maximum Gasteiger partial charge on any atom is 0.246 e. The fourth-order valence-corrected chi connectivity index (χ4v) is 2.29. The normalized spacial score (nSPS) is 22.6. The molecule has 1 aliphatic rings. The SMILES string of the molecule is CO[C@@H]1C[C@@H](CO)N(C(=O)/C=C/c2cncc(O)c2)C1. The third-order valence-electron chi connectivity index (χ3n) is 3.37. The number of aromatic nitrogens is 1. The van der Waals surface area contributed by atoms with Gasteiger partial charge in [-0.2, -0.15) is 0 Å². The number of aromatic hydroxyl groups is 1. The molecule has 1 aromatic rings. The summed E-state index contributed by atoms with van der Waals surface area (Å²) in [7, 11) is 1.60. The van der Waals surface area contributed by atoms with Gasteiger partial charge in [-0.3, -0.25) is 9.78 Å². The van der Waals surface area contributed by atoms with Crippen LogP contribution in [0, 0.1) is 0 Å². The van der Waals surface area contributed by atoms with Gasteiger partial charge in [0.2, 0.25) is 5.91 Å². The van der Waals surface area contributed by atoms with Crippen LogP contribution >= 0.6 is 0 Å². The molecule has 0 aromatic carbocycles. The molecule has 0 unspecified atom stereocenters. The second-order valence-electron chi connectivity index (χ2n) is 4.73. The number of carbonyl (C=O) groups is 1. The number of hydrogen-bond donors (Lipinski definition) is 2. The van der Waals surface area contributed by atoms with Gasteiger partial charge in [-0.25, -0.2) is 0 Å². The molecule has 1 aromatic heterocycles. The highest BCUT2D eigenvalue weighted by atomic mass is 16.5. The summed E-state index contributed by atoms with van der Waals surface area (Å²) in [6.07, 6.45) is 6.48. The van der Waals surface area contributed by atoms with Crippen LogP contribution in [0.2, 0.25) is 0 Å². The van der Waals surface area contributed by atoms with Crippen LogP contribution < -0.4 is 0 Å². The van der Waals surface area contributed by atoms with Crippen LogP contribution in [0.4, 0.5) is 0 Å². The standard InChI is InChI=1S/C14H18N2O4/c1-20-13-5-11(9-17)16(8-13)14(19)3-2-10-4-12(18)7-15-6-10/h2-4,6-7,11,13,17-18H,5,8-9H2,1H3/b3-2+/t11-,13+/m0/s1. The van der Waals surface area contributed by atoms with Crippen LogP contribution in [0.15, 0.2) is 24.5 Å². The monoisotopic (exact) mass is 278 g/mol. The Labute approximate surface area is 117 Å². The number of aliphatic hydroxyl groups is 1. The summed E-state index contributed by atoms with van der Waals surface area (Å²) in [5.74, 6) is -0.139. The van der Waals surface area contributed by atoms with E-state index in [2.05, 4.69) is 4.98 Å². The van der Waals surface area contributed by atoms with Gasteiger partial charge in [-0.1, -0.05) is 0 Å². The van der Waals surface area contributed by atoms with Crippen molar-refractivity contribution in [3.05, 3.63) is 30.1 Å². The van der Waals surface area contributed by atoms with Crippen molar-refractivity contribution in [2.24, 2.45) is 0 Å². The fraction of sp³-hybridized carbons (Fsp3) is 0.429. The molecule has 2 atom stereocenters. The lowest BCUT2D eigenvalue weighted by Gasteiger charge is -2.20. The highest BCUT2D eigenvalue weighted by molar-refractivity contribution is 5.92. The molecule has 0 radical (unpaired) electrons. The summed E-state index contributed by atoms with van der Waals surface area (Å²) < 4.78 is 5.23. The van der Waals surface area contributed by atoms with Crippen LogP contribution in [0.25, 0.3) is 6.08 Å². The molecule has 20 heavy (non-hydrogen) atoms. The van der Waals surface area contributed by atoms with E-state index in [1.807, 2.05) is 0 Å². The second-order valence-corrected chi connectivity index (χ2v) is 4.73. The summed E-state index contributed by atoms with van der Waals surface area (Å²) in [4.78, 5) is 17.6. The highest BCUT2D eigenvalue weighted by Gasteiger charge is 2.33. The molecule has 0 bridgehead atoms. The van der Waals surface area contributed by atoms with Crippen molar-refractivity contribution in [1.82, 2.24) is 9.88 Å². The molecule has 1 amide bonds. The van der Waals surface area contributed by atoms with E-state index >= 15 is 0 Å². The summed E-state index contributed by atoms with van der Waals surface area (Å²) >= 11 is 0. The van der Waals surface area contributed by atoms with E-state index < -0.39 is 0 Å². The maximum atomic E-state index is 12.1. The Morgan fingerprint density at radius 3 is 3.05 bits per heavy atom. The van der Waals surface area contributed by atoms with Gasteiger partial charge in [0.05, 0.1) is 24.9 Å². The molecule has 0 saturated carbocycles. The molecule has 1 fully saturated rings. The van der Waals surface area contributed by atoms with E-state index in [4.69, 9.17) is 4.74 Å². The Hall–Kier alpha value is -1.92. The smallest absolute Gasteiger partial charge is 0.246 e. The lowest BCUT2D eigenvalue weighted by Crippen LogP contribution is -2.36. The molecular weight excluding hydrogens is 260 g/mol. The van der Waals surface area contributed by atoms with E-state index in [1.165, 1.54) is 18.3 Å². The zero-order valence-electron chi connectivity index (χ0n) is 11.3. The first-order chi connectivity index (χ1) is 9.63. The van der Waals surface area contributed by atoms with Gasteiger partial charge in [0.15, 0.2) is 0 Å². The van der Waals surface area contributed by atoms with Gasteiger partial charge in [0.1, 0.15) is 5.75 Å². The zero-order valence-corrected chi connectivity index (χ0v) is 11.3. The predicted octanol–water partition coefficient (Wildman–Crippen LogP) is 0.409. The Morgan fingerprint density at radius 2 is 2.40 bits per heavy atom. The van der Waals surface area contributed by atoms with Crippen LogP contribution in [0.1, 0.15) is 12.0 Å². The van der Waals surface area contributed by atoms with Gasteiger partial charge in [-0.05, 0) is 24.1 Å². The number of hydrogen-bond acceptors (Lipinski definition) is 5. The summed E-state index contributed by atoms with van der Waals surface area (Å²) in [6.45, 7) is 0.399. The van der Waals surface area contributed by atoms with Crippen molar-refractivity contribution in [2.75, 3.05) is 20.3 Å². The minimum absolute atomic E-state index is 0.0352. The predicted molar refractivity (Wildman–Crippen MR) is 72.9 cm³/mol. The topological polar surface area (TPSA) is 82.9 Å². The van der Waals surface area contributed by atoms with E-state index in [0.29, 0.717) is 18.5 Å². The van der Waals surface area contributed by atoms with Crippen LogP contribution in [-0.2, 0) is 9.53 Å². The molecule has 1 saturated heterocycles. The van der Waals surface area contributed by atoms with E-state index in [9.17, 15) is 15.0 Å². The van der Waals surface area contributed by atoms with Crippen molar-refractivity contribution in [2.45, 2.75) is 18.6 Å². The zero-order chi connectivity index (χ0) is 14.5. The number of pyridine rings is 1. The average molecular weight is 278 g/mol. The number of ether oxygens (including phenoxy) is 1. The molecular formula is C14H18N2O4. The quantitative estimate of drug-likeness (QED) is 0.779. The number of methoxy groups -OCH3 is 1. The molecule has 2 rings (SSSR count). The Bertz CT molecular complexity index is 504. The molecule has 6 nitrogen and oxygen atoms in total. The van der Waals surface area contributed by atoms with Gasteiger partial charge >= 0.3 is 0 Å². The Kier molecular flexibility index (Phi) is 4.70. The van der Waals surface area contributed by atoms with Gasteiger partial charge in [-0.15, -0.1) is 0 Å². The Morgan fingerprint density at radius 1 is 1.60 bits per heavy atom. The van der Waals surface area contributed by atoms with Gasteiger partial charge in [0, 0.05) is 25.9 Å². The molecule has 108 valence electrons. The molecule has 1 aliphatic heterocycles. The number of carbonyl (C=O) groups excluding carboxylic acids is 1. The van der Waals surface area contributed by atoms with Crippen molar-refractivity contribution in [3.63, 3.8) is 0 Å². The van der Waals surface area contributed by atoms with Crippen molar-refractivity contribution in [3.8, 4) is 5.75 Å². The first-order valence-corrected chi connectivity index (χ1v) is 6.40. The number of aliphatic hydroxyl groups excluding tert-OH is 1. The molecule has 2 N–H and O–H groups in total. The van der Waals surface area contributed by atoms with E-state index in [1.54, 1.807) is 24.3 Å². The van der Waals surface area contributed by atoms with Crippen LogP contribution in [-0.4, -0.2) is 58.4 Å². The van der Waals surface area contributed by atoms with E-state index in [0.717, 1.165) is 0 Å². The second kappa shape index (κ2) is 6.49. The minimum Gasteiger partial charge on any atom is -0.506 e. The maximum absolute atomic E-state index is 12.1. The molecule has 0 spiro atoms. The van der Waals surface area contributed by atoms with Crippen molar-refractivity contribution >= 4 is 12.0 Å². The summed E-state index contributed by atoms with van der Waals surface area (Å²) in [6, 6.07) is 1.31.